The minimum Gasteiger partial charge on any atom is -0.391 e. The second-order valence-corrected chi connectivity index (χ2v) is 5.28. The Morgan fingerprint density at radius 3 is 3.00 bits per heavy atom. The minimum absolute atomic E-state index is 0.0139. The van der Waals surface area contributed by atoms with E-state index in [9.17, 15) is 9.90 Å². The summed E-state index contributed by atoms with van der Waals surface area (Å²) in [7, 11) is 1.80. The Morgan fingerprint density at radius 2 is 2.35 bits per heavy atom. The van der Waals surface area contributed by atoms with Crippen molar-refractivity contribution >= 4 is 11.7 Å². The molecule has 1 aliphatic heterocycles. The fourth-order valence-electron chi connectivity index (χ4n) is 2.55. The molecule has 1 atom stereocenters. The highest BCUT2D eigenvalue weighted by atomic mass is 16.3. The molecule has 0 aromatic carbocycles. The summed E-state index contributed by atoms with van der Waals surface area (Å²) in [5, 5.41) is 12.7. The Morgan fingerprint density at radius 1 is 1.55 bits per heavy atom. The second kappa shape index (κ2) is 6.70. The fraction of sp³-hybridized carbons (Fsp3) is 0.600. The quantitative estimate of drug-likeness (QED) is 0.878. The molecule has 2 heterocycles. The first kappa shape index (κ1) is 14.8. The number of aromatic nitrogens is 1. The fourth-order valence-corrected chi connectivity index (χ4v) is 2.55. The van der Waals surface area contributed by atoms with Crippen LogP contribution in [-0.2, 0) is 6.42 Å². The van der Waals surface area contributed by atoms with Crippen molar-refractivity contribution in [1.29, 1.82) is 0 Å². The number of likely N-dealkylation sites (tertiary alicyclic amines) is 1. The third-order valence-electron chi connectivity index (χ3n) is 3.57. The predicted octanol–water partition coefficient (Wildman–Crippen LogP) is 1.67. The number of hydrogen-bond donors (Lipinski definition) is 2. The van der Waals surface area contributed by atoms with Gasteiger partial charge < -0.3 is 15.3 Å². The number of piperidine rings is 1. The van der Waals surface area contributed by atoms with Gasteiger partial charge in [-0.05, 0) is 31.4 Å². The maximum absolute atomic E-state index is 12.5. The van der Waals surface area contributed by atoms with Crippen LogP contribution in [0.3, 0.4) is 0 Å². The van der Waals surface area contributed by atoms with Gasteiger partial charge in [0.15, 0.2) is 0 Å². The molecule has 0 bridgehead atoms. The monoisotopic (exact) mass is 277 g/mol. The average Bonchev–Trinajstić information content (AvgIpc) is 2.46. The van der Waals surface area contributed by atoms with Crippen LogP contribution < -0.4 is 5.32 Å². The summed E-state index contributed by atoms with van der Waals surface area (Å²) in [6.45, 7) is 3.24. The SMILES string of the molecule is CCCc1cc(C(=O)N2CCCC(O)C2)cc(NC)n1. The van der Waals surface area contributed by atoms with Crippen LogP contribution in [0.5, 0.6) is 0 Å². The first-order valence-electron chi connectivity index (χ1n) is 7.30. The lowest BCUT2D eigenvalue weighted by molar-refractivity contribution is 0.0473. The molecular formula is C15H23N3O2. The van der Waals surface area contributed by atoms with Gasteiger partial charge in [0.2, 0.25) is 0 Å². The van der Waals surface area contributed by atoms with Gasteiger partial charge in [-0.25, -0.2) is 4.98 Å². The molecule has 20 heavy (non-hydrogen) atoms. The third kappa shape index (κ3) is 3.48. The topological polar surface area (TPSA) is 65.5 Å². The van der Waals surface area contributed by atoms with Gasteiger partial charge in [0, 0.05) is 31.4 Å². The molecule has 1 fully saturated rings. The number of aliphatic hydroxyl groups excluding tert-OH is 1. The summed E-state index contributed by atoms with van der Waals surface area (Å²) in [6.07, 6.45) is 3.10. The Labute approximate surface area is 120 Å². The van der Waals surface area contributed by atoms with Crippen molar-refractivity contribution in [2.24, 2.45) is 0 Å². The Bertz CT molecular complexity index is 476. The van der Waals surface area contributed by atoms with Crippen molar-refractivity contribution in [3.8, 4) is 0 Å². The van der Waals surface area contributed by atoms with E-state index in [0.717, 1.165) is 43.7 Å². The molecule has 1 aliphatic rings. The molecular weight excluding hydrogens is 254 g/mol. The van der Waals surface area contributed by atoms with E-state index >= 15 is 0 Å². The molecule has 1 aromatic heterocycles. The van der Waals surface area contributed by atoms with Gasteiger partial charge in [-0.1, -0.05) is 13.3 Å². The summed E-state index contributed by atoms with van der Waals surface area (Å²) >= 11 is 0. The van der Waals surface area contributed by atoms with Crippen LogP contribution in [0.4, 0.5) is 5.82 Å². The van der Waals surface area contributed by atoms with Crippen LogP contribution >= 0.6 is 0 Å². The standard InChI is InChI=1S/C15H23N3O2/c1-3-5-12-8-11(9-14(16-2)17-12)15(20)18-7-4-6-13(19)10-18/h8-9,13,19H,3-7,10H2,1-2H3,(H,16,17). The number of rotatable bonds is 4. The third-order valence-corrected chi connectivity index (χ3v) is 3.57. The lowest BCUT2D eigenvalue weighted by Gasteiger charge is -2.30. The summed E-state index contributed by atoms with van der Waals surface area (Å²) in [4.78, 5) is 18.7. The van der Waals surface area contributed by atoms with E-state index in [-0.39, 0.29) is 5.91 Å². The number of β-amino-alcohol motifs (C(OH)–C–C–N with tert-alkyl or cyclic N) is 1. The number of aryl methyl sites for hydroxylation is 1. The van der Waals surface area contributed by atoms with Crippen LogP contribution in [0.2, 0.25) is 0 Å². The van der Waals surface area contributed by atoms with E-state index in [4.69, 9.17) is 0 Å². The summed E-state index contributed by atoms with van der Waals surface area (Å²) in [5.41, 5.74) is 1.59. The maximum atomic E-state index is 12.5. The minimum atomic E-state index is -0.395. The molecule has 0 spiro atoms. The predicted molar refractivity (Wildman–Crippen MR) is 78.9 cm³/mol. The molecule has 1 saturated heterocycles. The number of carbonyl (C=O) groups is 1. The highest BCUT2D eigenvalue weighted by Gasteiger charge is 2.23. The Balaban J connectivity index is 2.21. The lowest BCUT2D eigenvalue weighted by atomic mass is 10.1. The van der Waals surface area contributed by atoms with E-state index < -0.39 is 6.10 Å². The van der Waals surface area contributed by atoms with Crippen molar-refractivity contribution in [2.45, 2.75) is 38.7 Å². The van der Waals surface area contributed by atoms with Crippen LogP contribution in [0.15, 0.2) is 12.1 Å². The number of aliphatic hydroxyl groups is 1. The van der Waals surface area contributed by atoms with E-state index in [2.05, 4.69) is 17.2 Å². The van der Waals surface area contributed by atoms with Crippen molar-refractivity contribution < 1.29 is 9.90 Å². The number of nitrogens with zero attached hydrogens (tertiary/aromatic N) is 2. The molecule has 5 nitrogen and oxygen atoms in total. The first-order valence-corrected chi connectivity index (χ1v) is 7.30. The molecule has 0 aliphatic carbocycles. The number of carbonyl (C=O) groups excluding carboxylic acids is 1. The van der Waals surface area contributed by atoms with Gasteiger partial charge in [0.1, 0.15) is 5.82 Å². The number of hydrogen-bond acceptors (Lipinski definition) is 4. The summed E-state index contributed by atoms with van der Waals surface area (Å²) < 4.78 is 0. The zero-order valence-electron chi connectivity index (χ0n) is 12.2. The lowest BCUT2D eigenvalue weighted by Crippen LogP contribution is -2.42. The summed E-state index contributed by atoms with van der Waals surface area (Å²) in [6, 6.07) is 3.65. The zero-order valence-corrected chi connectivity index (χ0v) is 12.2. The molecule has 1 unspecified atom stereocenters. The number of nitrogens with one attached hydrogen (secondary N) is 1. The van der Waals surface area contributed by atoms with Gasteiger partial charge in [-0.15, -0.1) is 0 Å². The number of amides is 1. The molecule has 2 N–H and O–H groups in total. The van der Waals surface area contributed by atoms with Gasteiger partial charge in [-0.2, -0.15) is 0 Å². The van der Waals surface area contributed by atoms with Crippen molar-refractivity contribution in [1.82, 2.24) is 9.88 Å². The molecule has 5 heteroatoms. The van der Waals surface area contributed by atoms with E-state index in [1.807, 2.05) is 6.07 Å². The Hall–Kier alpha value is -1.62. The highest BCUT2D eigenvalue weighted by Crippen LogP contribution is 2.17. The average molecular weight is 277 g/mol. The molecule has 2 rings (SSSR count). The largest absolute Gasteiger partial charge is 0.391 e. The van der Waals surface area contributed by atoms with E-state index in [1.54, 1.807) is 18.0 Å². The van der Waals surface area contributed by atoms with E-state index in [0.29, 0.717) is 12.1 Å². The van der Waals surface area contributed by atoms with Crippen molar-refractivity contribution in [3.05, 3.63) is 23.4 Å². The highest BCUT2D eigenvalue weighted by molar-refractivity contribution is 5.95. The molecule has 110 valence electrons. The normalized spacial score (nSPS) is 18.9. The smallest absolute Gasteiger partial charge is 0.254 e. The first-order chi connectivity index (χ1) is 9.63. The number of pyridine rings is 1. The van der Waals surface area contributed by atoms with Crippen LogP contribution in [-0.4, -0.2) is 47.1 Å². The van der Waals surface area contributed by atoms with Crippen LogP contribution in [0.25, 0.3) is 0 Å². The van der Waals surface area contributed by atoms with Gasteiger partial charge in [-0.3, -0.25) is 4.79 Å². The zero-order chi connectivity index (χ0) is 14.5. The van der Waals surface area contributed by atoms with Crippen molar-refractivity contribution in [3.63, 3.8) is 0 Å². The van der Waals surface area contributed by atoms with Gasteiger partial charge in [0.05, 0.1) is 6.10 Å². The van der Waals surface area contributed by atoms with Gasteiger partial charge >= 0.3 is 0 Å². The maximum Gasteiger partial charge on any atom is 0.254 e. The number of anilines is 1. The molecule has 0 saturated carbocycles. The van der Waals surface area contributed by atoms with Crippen LogP contribution in [0.1, 0.15) is 42.2 Å². The van der Waals surface area contributed by atoms with Crippen molar-refractivity contribution in [2.75, 3.05) is 25.5 Å². The Kier molecular flexibility index (Phi) is 4.95. The van der Waals surface area contributed by atoms with Crippen LogP contribution in [0, 0.1) is 0 Å². The molecule has 1 aromatic rings. The molecule has 1 amide bonds. The summed E-state index contributed by atoms with van der Waals surface area (Å²) in [5.74, 6) is 0.705. The molecule has 0 radical (unpaired) electrons. The van der Waals surface area contributed by atoms with Gasteiger partial charge in [0.25, 0.3) is 5.91 Å². The second-order valence-electron chi connectivity index (χ2n) is 5.28. The van der Waals surface area contributed by atoms with E-state index in [1.165, 1.54) is 0 Å².